The summed E-state index contributed by atoms with van der Waals surface area (Å²) in [4.78, 5) is 11.9. The third-order valence-corrected chi connectivity index (χ3v) is 2.88. The Morgan fingerprint density at radius 2 is 1.44 bits per heavy atom. The predicted octanol–water partition coefficient (Wildman–Crippen LogP) is 2.96. The van der Waals surface area contributed by atoms with Gasteiger partial charge in [0.05, 0.1) is 6.54 Å². The number of hydrogen-bond donors (Lipinski definition) is 1. The first-order valence-electron chi connectivity index (χ1n) is 5.32. The predicted molar refractivity (Wildman–Crippen MR) is 64.7 cm³/mol. The van der Waals surface area contributed by atoms with E-state index in [0.29, 0.717) is 6.54 Å². The van der Waals surface area contributed by atoms with Gasteiger partial charge in [0.2, 0.25) is 0 Å². The molecule has 78 valence electrons. The SMILES string of the molecule is O=C1CNc2ccccc2-c2ccccc21. The monoisotopic (exact) mass is 209 g/mol. The lowest BCUT2D eigenvalue weighted by Crippen LogP contribution is -2.11. The Morgan fingerprint density at radius 3 is 2.25 bits per heavy atom. The number of anilines is 1. The lowest BCUT2D eigenvalue weighted by atomic mass is 9.97. The van der Waals surface area contributed by atoms with Crippen molar-refractivity contribution in [2.75, 3.05) is 11.9 Å². The van der Waals surface area contributed by atoms with E-state index in [0.717, 1.165) is 22.4 Å². The highest BCUT2D eigenvalue weighted by atomic mass is 16.1. The molecule has 0 aromatic heterocycles. The molecule has 2 nitrogen and oxygen atoms in total. The van der Waals surface area contributed by atoms with Crippen LogP contribution in [0.2, 0.25) is 0 Å². The summed E-state index contributed by atoms with van der Waals surface area (Å²) in [5.41, 5.74) is 3.96. The highest BCUT2D eigenvalue weighted by Gasteiger charge is 2.18. The topological polar surface area (TPSA) is 29.1 Å². The standard InChI is InChI=1S/C14H11NO/c16-14-9-15-13-8-4-3-6-11(13)10-5-1-2-7-12(10)14/h1-8,15H,9H2. The van der Waals surface area contributed by atoms with E-state index < -0.39 is 0 Å². The normalized spacial score (nSPS) is 13.4. The molecular weight excluding hydrogens is 198 g/mol. The van der Waals surface area contributed by atoms with Gasteiger partial charge in [-0.1, -0.05) is 42.5 Å². The van der Waals surface area contributed by atoms with Crippen molar-refractivity contribution in [3.8, 4) is 11.1 Å². The van der Waals surface area contributed by atoms with Crippen LogP contribution in [0.3, 0.4) is 0 Å². The third kappa shape index (κ3) is 1.31. The summed E-state index contributed by atoms with van der Waals surface area (Å²) in [7, 11) is 0. The van der Waals surface area contributed by atoms with Crippen molar-refractivity contribution in [2.24, 2.45) is 0 Å². The molecule has 0 spiro atoms. The molecule has 1 N–H and O–H groups in total. The van der Waals surface area contributed by atoms with Crippen molar-refractivity contribution in [3.63, 3.8) is 0 Å². The van der Waals surface area contributed by atoms with Crippen molar-refractivity contribution < 1.29 is 4.79 Å². The molecule has 0 bridgehead atoms. The molecule has 2 aromatic carbocycles. The van der Waals surface area contributed by atoms with Gasteiger partial charge in [-0.15, -0.1) is 0 Å². The first kappa shape index (κ1) is 9.16. The minimum atomic E-state index is 0.145. The minimum Gasteiger partial charge on any atom is -0.377 e. The average Bonchev–Trinajstić information content (AvgIpc) is 2.49. The Kier molecular flexibility index (Phi) is 2.00. The molecule has 1 aliphatic rings. The Balaban J connectivity index is 2.32. The van der Waals surface area contributed by atoms with Crippen molar-refractivity contribution in [1.82, 2.24) is 0 Å². The van der Waals surface area contributed by atoms with Crippen molar-refractivity contribution >= 4 is 11.5 Å². The fourth-order valence-corrected chi connectivity index (χ4v) is 2.10. The number of ketones is 1. The molecule has 0 fully saturated rings. The van der Waals surface area contributed by atoms with Crippen LogP contribution in [0.1, 0.15) is 10.4 Å². The number of carbonyl (C=O) groups is 1. The Bertz CT molecular complexity index is 560. The Hall–Kier alpha value is -2.09. The van der Waals surface area contributed by atoms with Crippen LogP contribution < -0.4 is 5.32 Å². The van der Waals surface area contributed by atoms with Gasteiger partial charge < -0.3 is 5.32 Å². The summed E-state index contributed by atoms with van der Waals surface area (Å²) in [6.45, 7) is 0.369. The van der Waals surface area contributed by atoms with Crippen LogP contribution >= 0.6 is 0 Å². The van der Waals surface area contributed by atoms with Crippen LogP contribution in [0.25, 0.3) is 11.1 Å². The smallest absolute Gasteiger partial charge is 0.182 e. The maximum Gasteiger partial charge on any atom is 0.182 e. The molecule has 1 heterocycles. The van der Waals surface area contributed by atoms with Gasteiger partial charge in [0.15, 0.2) is 5.78 Å². The van der Waals surface area contributed by atoms with Crippen LogP contribution in [0.5, 0.6) is 0 Å². The van der Waals surface area contributed by atoms with E-state index >= 15 is 0 Å². The molecule has 16 heavy (non-hydrogen) atoms. The summed E-state index contributed by atoms with van der Waals surface area (Å²) in [5, 5.41) is 3.17. The van der Waals surface area contributed by atoms with Crippen molar-refractivity contribution in [2.45, 2.75) is 0 Å². The van der Waals surface area contributed by atoms with Gasteiger partial charge in [0, 0.05) is 16.8 Å². The van der Waals surface area contributed by atoms with E-state index in [1.165, 1.54) is 0 Å². The zero-order valence-electron chi connectivity index (χ0n) is 8.73. The molecule has 0 saturated carbocycles. The molecule has 1 aliphatic heterocycles. The largest absolute Gasteiger partial charge is 0.377 e. The fourth-order valence-electron chi connectivity index (χ4n) is 2.10. The zero-order valence-corrected chi connectivity index (χ0v) is 8.73. The van der Waals surface area contributed by atoms with E-state index in [9.17, 15) is 4.79 Å². The summed E-state index contributed by atoms with van der Waals surface area (Å²) in [6, 6.07) is 15.8. The number of carbonyl (C=O) groups excluding carboxylic acids is 1. The lowest BCUT2D eigenvalue weighted by Gasteiger charge is -2.07. The second kappa shape index (κ2) is 3.49. The molecule has 3 rings (SSSR count). The third-order valence-electron chi connectivity index (χ3n) is 2.88. The Morgan fingerprint density at radius 1 is 0.812 bits per heavy atom. The fraction of sp³-hybridized carbons (Fsp3) is 0.0714. The van der Waals surface area contributed by atoms with Crippen molar-refractivity contribution in [3.05, 3.63) is 54.1 Å². The number of Topliss-reactive ketones (excluding diaryl/α,β-unsaturated/α-hetero) is 1. The van der Waals surface area contributed by atoms with Gasteiger partial charge in [-0.2, -0.15) is 0 Å². The molecule has 0 unspecified atom stereocenters. The van der Waals surface area contributed by atoms with Crippen molar-refractivity contribution in [1.29, 1.82) is 0 Å². The average molecular weight is 209 g/mol. The number of benzene rings is 2. The number of hydrogen-bond acceptors (Lipinski definition) is 2. The zero-order chi connectivity index (χ0) is 11.0. The van der Waals surface area contributed by atoms with E-state index in [1.54, 1.807) is 0 Å². The van der Waals surface area contributed by atoms with Crippen LogP contribution in [0, 0.1) is 0 Å². The quantitative estimate of drug-likeness (QED) is 0.722. The lowest BCUT2D eigenvalue weighted by molar-refractivity contribution is 0.101. The summed E-state index contributed by atoms with van der Waals surface area (Å²) in [5.74, 6) is 0.145. The molecule has 0 radical (unpaired) electrons. The first-order chi connectivity index (χ1) is 7.86. The molecule has 2 heteroatoms. The molecule has 0 atom stereocenters. The van der Waals surface area contributed by atoms with Gasteiger partial charge >= 0.3 is 0 Å². The minimum absolute atomic E-state index is 0.145. The second-order valence-corrected chi connectivity index (χ2v) is 3.87. The van der Waals surface area contributed by atoms with Crippen LogP contribution in [-0.4, -0.2) is 12.3 Å². The molecule has 2 aromatic rings. The van der Waals surface area contributed by atoms with E-state index in [1.807, 2.05) is 48.5 Å². The van der Waals surface area contributed by atoms with Crippen LogP contribution in [0.4, 0.5) is 5.69 Å². The maximum atomic E-state index is 11.9. The Labute approximate surface area is 93.9 Å². The van der Waals surface area contributed by atoms with E-state index in [-0.39, 0.29) is 5.78 Å². The number of rotatable bonds is 0. The highest BCUT2D eigenvalue weighted by molar-refractivity contribution is 6.07. The van der Waals surface area contributed by atoms with Gasteiger partial charge in [0.1, 0.15) is 0 Å². The first-order valence-corrected chi connectivity index (χ1v) is 5.32. The molecule has 0 saturated heterocycles. The molecule has 0 amide bonds. The second-order valence-electron chi connectivity index (χ2n) is 3.87. The van der Waals surface area contributed by atoms with E-state index in [4.69, 9.17) is 0 Å². The summed E-state index contributed by atoms with van der Waals surface area (Å²) in [6.07, 6.45) is 0. The van der Waals surface area contributed by atoms with Crippen LogP contribution in [-0.2, 0) is 0 Å². The summed E-state index contributed by atoms with van der Waals surface area (Å²) >= 11 is 0. The number of nitrogens with one attached hydrogen (secondary N) is 1. The van der Waals surface area contributed by atoms with Gasteiger partial charge in [-0.05, 0) is 11.6 Å². The van der Waals surface area contributed by atoms with Gasteiger partial charge in [-0.3, -0.25) is 4.79 Å². The number of fused-ring (bicyclic) bond motifs is 3. The van der Waals surface area contributed by atoms with Crippen LogP contribution in [0.15, 0.2) is 48.5 Å². The summed E-state index contributed by atoms with van der Waals surface area (Å²) < 4.78 is 0. The van der Waals surface area contributed by atoms with Gasteiger partial charge in [-0.25, -0.2) is 0 Å². The number of para-hydroxylation sites is 1. The van der Waals surface area contributed by atoms with Gasteiger partial charge in [0.25, 0.3) is 0 Å². The molecular formula is C14H11NO. The molecule has 0 aliphatic carbocycles. The van der Waals surface area contributed by atoms with E-state index in [2.05, 4.69) is 5.32 Å². The maximum absolute atomic E-state index is 11.9. The highest BCUT2D eigenvalue weighted by Crippen LogP contribution is 2.32.